The summed E-state index contributed by atoms with van der Waals surface area (Å²) in [7, 11) is 0. The largest absolute Gasteiger partial charge is 0.480 e. The molecule has 1 aliphatic heterocycles. The van der Waals surface area contributed by atoms with E-state index in [-0.39, 0.29) is 31.2 Å². The molecule has 1 heterocycles. The zero-order valence-electron chi connectivity index (χ0n) is 21.6. The molecule has 0 spiro atoms. The van der Waals surface area contributed by atoms with Crippen molar-refractivity contribution in [1.82, 2.24) is 20.9 Å². The molecule has 0 aromatic heterocycles. The summed E-state index contributed by atoms with van der Waals surface area (Å²) in [6.45, 7) is 8.72. The number of aliphatic carboxylic acids is 1. The summed E-state index contributed by atoms with van der Waals surface area (Å²) < 4.78 is 0. The number of hydrogen-bond donors (Lipinski definition) is 6. The number of hydrogen-bond acceptors (Lipinski definition) is 7. The van der Waals surface area contributed by atoms with Gasteiger partial charge >= 0.3 is 5.97 Å². The van der Waals surface area contributed by atoms with Crippen LogP contribution in [0.2, 0.25) is 0 Å². The molecule has 0 bridgehead atoms. The maximum atomic E-state index is 13.4. The van der Waals surface area contributed by atoms with E-state index >= 15 is 0 Å². The number of nitrogens with zero attached hydrogens (tertiary/aromatic N) is 1. The summed E-state index contributed by atoms with van der Waals surface area (Å²) in [6, 6.07) is -4.97. The quantitative estimate of drug-likeness (QED) is 0.169. The van der Waals surface area contributed by atoms with E-state index < -0.39 is 65.7 Å². The van der Waals surface area contributed by atoms with Gasteiger partial charge in [-0.05, 0) is 38.0 Å². The number of amides is 5. The van der Waals surface area contributed by atoms with Gasteiger partial charge in [-0.1, -0.05) is 27.7 Å². The Labute approximate surface area is 211 Å². The number of nitrogens with two attached hydrogens (primary N) is 2. The fraction of sp³-hybridized carbons (Fsp3) is 0.739. The minimum atomic E-state index is -1.33. The van der Waals surface area contributed by atoms with Crippen molar-refractivity contribution in [3.05, 3.63) is 0 Å². The summed E-state index contributed by atoms with van der Waals surface area (Å²) in [5.41, 5.74) is 10.7. The summed E-state index contributed by atoms with van der Waals surface area (Å²) in [5.74, 6) is -4.83. The normalized spacial score (nSPS) is 18.8. The van der Waals surface area contributed by atoms with Crippen LogP contribution < -0.4 is 27.4 Å². The predicted molar refractivity (Wildman–Crippen MR) is 130 cm³/mol. The number of likely N-dealkylation sites (tertiary alicyclic amines) is 1. The average molecular weight is 513 g/mol. The van der Waals surface area contributed by atoms with Crippen molar-refractivity contribution < 1.29 is 33.9 Å². The Balaban J connectivity index is 3.01. The molecule has 0 radical (unpaired) electrons. The molecule has 5 atom stereocenters. The van der Waals surface area contributed by atoms with Gasteiger partial charge in [0.1, 0.15) is 24.2 Å². The molecular formula is C23H40N6O7. The van der Waals surface area contributed by atoms with Crippen LogP contribution in [0.15, 0.2) is 0 Å². The Morgan fingerprint density at radius 3 is 1.94 bits per heavy atom. The van der Waals surface area contributed by atoms with Crippen LogP contribution >= 0.6 is 0 Å². The third-order valence-corrected chi connectivity index (χ3v) is 6.02. The number of carbonyl (C=O) groups excluding carboxylic acids is 5. The van der Waals surface area contributed by atoms with E-state index in [4.69, 9.17) is 11.5 Å². The summed E-state index contributed by atoms with van der Waals surface area (Å²) in [6.07, 6.45) is 0.437. The topological polar surface area (TPSA) is 214 Å². The highest BCUT2D eigenvalue weighted by Gasteiger charge is 2.40. The van der Waals surface area contributed by atoms with Crippen molar-refractivity contribution in [3.8, 4) is 0 Å². The lowest BCUT2D eigenvalue weighted by Crippen LogP contribution is -2.60. The molecule has 0 aromatic rings. The molecule has 13 nitrogen and oxygen atoms in total. The number of rotatable bonds is 13. The monoisotopic (exact) mass is 512 g/mol. The van der Waals surface area contributed by atoms with Crippen molar-refractivity contribution >= 4 is 35.5 Å². The van der Waals surface area contributed by atoms with Crippen LogP contribution in [-0.2, 0) is 28.8 Å². The first kappa shape index (κ1) is 30.8. The Morgan fingerprint density at radius 1 is 0.917 bits per heavy atom. The van der Waals surface area contributed by atoms with E-state index in [2.05, 4.69) is 16.0 Å². The van der Waals surface area contributed by atoms with Crippen LogP contribution in [0.5, 0.6) is 0 Å². The van der Waals surface area contributed by atoms with Crippen LogP contribution in [0.4, 0.5) is 0 Å². The van der Waals surface area contributed by atoms with Gasteiger partial charge in [-0.15, -0.1) is 0 Å². The average Bonchev–Trinajstić information content (AvgIpc) is 3.26. The Kier molecular flexibility index (Phi) is 11.8. The first-order chi connectivity index (χ1) is 16.7. The van der Waals surface area contributed by atoms with Gasteiger partial charge in [-0.2, -0.15) is 0 Å². The second kappa shape index (κ2) is 13.8. The minimum absolute atomic E-state index is 0.175. The predicted octanol–water partition coefficient (Wildman–Crippen LogP) is -1.56. The number of nitrogens with one attached hydrogen (secondary N) is 3. The summed E-state index contributed by atoms with van der Waals surface area (Å²) >= 11 is 0. The van der Waals surface area contributed by atoms with Gasteiger partial charge in [0.25, 0.3) is 0 Å². The second-order valence-electron chi connectivity index (χ2n) is 9.84. The standard InChI is InChI=1S/C23H40N6O7/c1-11(2)17(27-19(31)13(5)24)21(33)28-18(12(3)4)22(34)29-10-6-7-15(29)20(32)26-14(23(35)36)8-9-16(25)30/h11-15,17-18H,6-10,24H2,1-5H3,(H2,25,30)(H,26,32)(H,27,31)(H,28,33)(H,35,36)/t13-,14-,15-,17-,18-/m0/s1. The molecule has 0 aromatic carbocycles. The maximum Gasteiger partial charge on any atom is 0.326 e. The minimum Gasteiger partial charge on any atom is -0.480 e. The summed E-state index contributed by atoms with van der Waals surface area (Å²) in [4.78, 5) is 75.3. The highest BCUT2D eigenvalue weighted by Crippen LogP contribution is 2.21. The highest BCUT2D eigenvalue weighted by molar-refractivity contribution is 5.96. The Morgan fingerprint density at radius 2 is 1.47 bits per heavy atom. The molecule has 13 heteroatoms. The van der Waals surface area contributed by atoms with E-state index in [0.717, 1.165) is 0 Å². The zero-order chi connectivity index (χ0) is 27.7. The number of carboxylic acids is 1. The lowest BCUT2D eigenvalue weighted by Gasteiger charge is -2.32. The van der Waals surface area contributed by atoms with Crippen molar-refractivity contribution in [2.75, 3.05) is 6.54 Å². The van der Waals surface area contributed by atoms with Gasteiger partial charge in [-0.3, -0.25) is 24.0 Å². The third kappa shape index (κ3) is 8.77. The molecule has 204 valence electrons. The molecule has 1 saturated heterocycles. The Bertz CT molecular complexity index is 845. The SMILES string of the molecule is CC(C)[C@H](NC(=O)[C@H](C)N)C(=O)N[C@H](C(=O)N1CCC[C@H]1C(=O)N[C@@H](CCC(N)=O)C(=O)O)C(C)C. The van der Waals surface area contributed by atoms with E-state index in [1.807, 2.05) is 0 Å². The third-order valence-electron chi connectivity index (χ3n) is 6.02. The number of carbonyl (C=O) groups is 6. The fourth-order valence-electron chi connectivity index (χ4n) is 3.87. The van der Waals surface area contributed by atoms with Crippen LogP contribution in [-0.4, -0.2) is 82.3 Å². The van der Waals surface area contributed by atoms with Gasteiger partial charge in [0.15, 0.2) is 0 Å². The maximum absolute atomic E-state index is 13.4. The molecule has 0 saturated carbocycles. The smallest absolute Gasteiger partial charge is 0.326 e. The van der Waals surface area contributed by atoms with Crippen LogP contribution in [0, 0.1) is 11.8 Å². The van der Waals surface area contributed by atoms with Gasteiger partial charge < -0.3 is 37.4 Å². The van der Waals surface area contributed by atoms with Crippen LogP contribution in [0.25, 0.3) is 0 Å². The first-order valence-corrected chi connectivity index (χ1v) is 12.2. The van der Waals surface area contributed by atoms with Gasteiger partial charge in [-0.25, -0.2) is 4.79 Å². The first-order valence-electron chi connectivity index (χ1n) is 12.2. The molecule has 1 fully saturated rings. The van der Waals surface area contributed by atoms with E-state index in [1.165, 1.54) is 11.8 Å². The van der Waals surface area contributed by atoms with Crippen LogP contribution in [0.1, 0.15) is 60.3 Å². The highest BCUT2D eigenvalue weighted by atomic mass is 16.4. The zero-order valence-corrected chi connectivity index (χ0v) is 21.6. The van der Waals surface area contributed by atoms with E-state index in [9.17, 15) is 33.9 Å². The summed E-state index contributed by atoms with van der Waals surface area (Å²) in [5, 5.41) is 17.1. The molecule has 0 aliphatic carbocycles. The number of carboxylic acid groups (broad SMARTS) is 1. The van der Waals surface area contributed by atoms with Crippen LogP contribution in [0.3, 0.4) is 0 Å². The van der Waals surface area contributed by atoms with Gasteiger partial charge in [0, 0.05) is 13.0 Å². The van der Waals surface area contributed by atoms with Gasteiger partial charge in [0.2, 0.25) is 29.5 Å². The molecule has 8 N–H and O–H groups in total. The van der Waals surface area contributed by atoms with Gasteiger partial charge in [0.05, 0.1) is 6.04 Å². The molecular weight excluding hydrogens is 472 g/mol. The van der Waals surface area contributed by atoms with Crippen molar-refractivity contribution in [1.29, 1.82) is 0 Å². The fourth-order valence-corrected chi connectivity index (χ4v) is 3.87. The van der Waals surface area contributed by atoms with Crippen molar-refractivity contribution in [2.45, 2.75) is 90.5 Å². The molecule has 1 aliphatic rings. The molecule has 1 rings (SSSR count). The lowest BCUT2D eigenvalue weighted by atomic mass is 9.98. The van der Waals surface area contributed by atoms with Crippen molar-refractivity contribution in [2.24, 2.45) is 23.3 Å². The molecule has 36 heavy (non-hydrogen) atoms. The van der Waals surface area contributed by atoms with Crippen molar-refractivity contribution in [3.63, 3.8) is 0 Å². The lowest BCUT2D eigenvalue weighted by molar-refractivity contribution is -0.145. The van der Waals surface area contributed by atoms with E-state index in [1.54, 1.807) is 27.7 Å². The molecule has 0 unspecified atom stereocenters. The Hall–Kier alpha value is -3.22. The molecule has 5 amide bonds. The van der Waals surface area contributed by atoms with E-state index in [0.29, 0.717) is 12.8 Å². The second-order valence-corrected chi connectivity index (χ2v) is 9.84. The number of primary amides is 1.